The molecule has 1 atom stereocenters. The molecule has 7 heteroatoms. The number of methoxy groups -OCH3 is 1. The van der Waals surface area contributed by atoms with Crippen molar-refractivity contribution in [1.29, 1.82) is 0 Å². The fourth-order valence-electron chi connectivity index (χ4n) is 4.34. The quantitative estimate of drug-likeness (QED) is 0.492. The number of thiophene rings is 1. The van der Waals surface area contributed by atoms with Crippen molar-refractivity contribution in [3.05, 3.63) is 82.3 Å². The summed E-state index contributed by atoms with van der Waals surface area (Å²) < 4.78 is 20.6. The SMILES string of the molecule is COc1ccccc1N(C(=O)Cc1cccs1)[C@@H](C(=O)NC1CCCC1)c1ccccc1F. The molecule has 33 heavy (non-hydrogen) atoms. The first-order valence-corrected chi connectivity index (χ1v) is 12.0. The molecule has 2 aromatic carbocycles. The number of hydrogen-bond acceptors (Lipinski definition) is 4. The van der Waals surface area contributed by atoms with Crippen LogP contribution in [0.3, 0.4) is 0 Å². The number of nitrogens with zero attached hydrogens (tertiary/aromatic N) is 1. The number of carbonyl (C=O) groups excluding carboxylic acids is 2. The molecule has 0 spiro atoms. The number of amides is 2. The summed E-state index contributed by atoms with van der Waals surface area (Å²) in [5.74, 6) is -0.797. The summed E-state index contributed by atoms with van der Waals surface area (Å²) in [5, 5.41) is 4.97. The van der Waals surface area contributed by atoms with Crippen LogP contribution in [0.4, 0.5) is 10.1 Å². The van der Waals surface area contributed by atoms with Crippen molar-refractivity contribution >= 4 is 28.8 Å². The maximum atomic E-state index is 15.1. The Balaban J connectivity index is 1.81. The van der Waals surface area contributed by atoms with Crippen LogP contribution in [0.1, 0.15) is 42.2 Å². The molecule has 4 rings (SSSR count). The van der Waals surface area contributed by atoms with E-state index in [-0.39, 0.29) is 23.9 Å². The third-order valence-corrected chi connectivity index (χ3v) is 6.80. The van der Waals surface area contributed by atoms with Crippen LogP contribution in [0.2, 0.25) is 0 Å². The standard InChI is InChI=1S/C26H27FN2O3S/c1-32-23-15-7-6-14-22(23)29(24(30)17-19-11-8-16-33-19)25(20-12-4-5-13-21(20)27)26(31)28-18-9-2-3-10-18/h4-8,11-16,18,25H,2-3,9-10,17H2,1H3,(H,28,31)/t25-/m1/s1. The number of ether oxygens (including phenoxy) is 1. The molecule has 1 aromatic heterocycles. The van der Waals surface area contributed by atoms with E-state index in [2.05, 4.69) is 5.32 Å². The van der Waals surface area contributed by atoms with E-state index in [1.165, 1.54) is 29.4 Å². The molecular weight excluding hydrogens is 439 g/mol. The van der Waals surface area contributed by atoms with Crippen molar-refractivity contribution < 1.29 is 18.7 Å². The van der Waals surface area contributed by atoms with Gasteiger partial charge in [0.25, 0.3) is 0 Å². The van der Waals surface area contributed by atoms with Crippen LogP contribution >= 0.6 is 11.3 Å². The molecule has 2 amide bonds. The molecule has 0 unspecified atom stereocenters. The Morgan fingerprint density at radius 2 is 1.82 bits per heavy atom. The lowest BCUT2D eigenvalue weighted by molar-refractivity contribution is -0.127. The number of benzene rings is 2. The van der Waals surface area contributed by atoms with E-state index < -0.39 is 17.8 Å². The summed E-state index contributed by atoms with van der Waals surface area (Å²) in [6, 6.07) is 15.8. The largest absolute Gasteiger partial charge is 0.495 e. The van der Waals surface area contributed by atoms with E-state index in [4.69, 9.17) is 4.74 Å². The van der Waals surface area contributed by atoms with Crippen LogP contribution in [-0.4, -0.2) is 25.0 Å². The highest BCUT2D eigenvalue weighted by Gasteiger charge is 2.37. The highest BCUT2D eigenvalue weighted by atomic mass is 32.1. The van der Waals surface area contributed by atoms with Gasteiger partial charge in [-0.2, -0.15) is 0 Å². The fraction of sp³-hybridized carbons (Fsp3) is 0.308. The molecule has 172 valence electrons. The Bertz CT molecular complexity index is 1100. The Hall–Kier alpha value is -3.19. The average Bonchev–Trinajstić information content (AvgIpc) is 3.52. The number of carbonyl (C=O) groups is 2. The van der Waals surface area contributed by atoms with Gasteiger partial charge in [-0.3, -0.25) is 14.5 Å². The van der Waals surface area contributed by atoms with Crippen molar-refractivity contribution in [1.82, 2.24) is 5.32 Å². The third kappa shape index (κ3) is 5.25. The molecule has 5 nitrogen and oxygen atoms in total. The lowest BCUT2D eigenvalue weighted by atomic mass is 10.0. The Morgan fingerprint density at radius 1 is 1.09 bits per heavy atom. The second kappa shape index (κ2) is 10.6. The van der Waals surface area contributed by atoms with E-state index in [1.54, 1.807) is 42.5 Å². The molecule has 1 N–H and O–H groups in total. The van der Waals surface area contributed by atoms with E-state index in [1.807, 2.05) is 17.5 Å². The Morgan fingerprint density at radius 3 is 2.52 bits per heavy atom. The molecule has 0 saturated heterocycles. The number of anilines is 1. The van der Waals surface area contributed by atoms with Crippen molar-refractivity contribution in [2.24, 2.45) is 0 Å². The van der Waals surface area contributed by atoms with E-state index in [0.29, 0.717) is 11.4 Å². The van der Waals surface area contributed by atoms with Gasteiger partial charge in [-0.1, -0.05) is 49.2 Å². The Kier molecular flexibility index (Phi) is 7.40. The zero-order valence-corrected chi connectivity index (χ0v) is 19.3. The minimum Gasteiger partial charge on any atom is -0.495 e. The highest BCUT2D eigenvalue weighted by Crippen LogP contribution is 2.36. The smallest absolute Gasteiger partial charge is 0.248 e. The van der Waals surface area contributed by atoms with E-state index >= 15 is 4.39 Å². The zero-order valence-electron chi connectivity index (χ0n) is 18.5. The van der Waals surface area contributed by atoms with E-state index in [0.717, 1.165) is 30.6 Å². The van der Waals surface area contributed by atoms with Crippen LogP contribution < -0.4 is 15.0 Å². The molecule has 3 aromatic rings. The molecule has 1 heterocycles. The van der Waals surface area contributed by atoms with Gasteiger partial charge in [0, 0.05) is 16.5 Å². The molecule has 1 aliphatic carbocycles. The average molecular weight is 467 g/mol. The molecule has 1 fully saturated rings. The van der Waals surface area contributed by atoms with E-state index in [9.17, 15) is 9.59 Å². The highest BCUT2D eigenvalue weighted by molar-refractivity contribution is 7.10. The predicted molar refractivity (Wildman–Crippen MR) is 128 cm³/mol. The molecule has 1 saturated carbocycles. The summed E-state index contributed by atoms with van der Waals surface area (Å²) in [5.41, 5.74) is 0.579. The normalized spacial score (nSPS) is 14.6. The van der Waals surface area contributed by atoms with Crippen LogP contribution in [-0.2, 0) is 16.0 Å². The van der Waals surface area contributed by atoms with Crippen molar-refractivity contribution in [2.45, 2.75) is 44.2 Å². The minimum atomic E-state index is -1.17. The minimum absolute atomic E-state index is 0.0266. The van der Waals surface area contributed by atoms with Gasteiger partial charge in [-0.25, -0.2) is 4.39 Å². The van der Waals surface area contributed by atoms with Crippen LogP contribution in [0.15, 0.2) is 66.0 Å². The summed E-state index contributed by atoms with van der Waals surface area (Å²) in [6.45, 7) is 0. The molecule has 0 aliphatic heterocycles. The summed E-state index contributed by atoms with van der Waals surface area (Å²) in [7, 11) is 1.51. The lowest BCUT2D eigenvalue weighted by Gasteiger charge is -2.33. The van der Waals surface area contributed by atoms with Crippen molar-refractivity contribution in [3.8, 4) is 5.75 Å². The number of halogens is 1. The van der Waals surface area contributed by atoms with Crippen LogP contribution in [0, 0.1) is 5.82 Å². The summed E-state index contributed by atoms with van der Waals surface area (Å²) >= 11 is 1.47. The number of rotatable bonds is 8. The van der Waals surface area contributed by atoms with Gasteiger partial charge < -0.3 is 10.1 Å². The molecule has 0 radical (unpaired) electrons. The molecular formula is C26H27FN2O3S. The number of nitrogens with one attached hydrogen (secondary N) is 1. The van der Waals surface area contributed by atoms with Gasteiger partial charge in [0.15, 0.2) is 0 Å². The zero-order chi connectivity index (χ0) is 23.2. The summed E-state index contributed by atoms with van der Waals surface area (Å²) in [6.07, 6.45) is 3.95. The second-order valence-electron chi connectivity index (χ2n) is 8.11. The third-order valence-electron chi connectivity index (χ3n) is 5.93. The van der Waals surface area contributed by atoms with Crippen molar-refractivity contribution in [3.63, 3.8) is 0 Å². The van der Waals surface area contributed by atoms with Gasteiger partial charge in [-0.15, -0.1) is 11.3 Å². The van der Waals surface area contributed by atoms with Crippen LogP contribution in [0.5, 0.6) is 5.75 Å². The number of hydrogen-bond donors (Lipinski definition) is 1. The monoisotopic (exact) mass is 466 g/mol. The predicted octanol–water partition coefficient (Wildman–Crippen LogP) is 5.27. The van der Waals surface area contributed by atoms with Gasteiger partial charge in [0.2, 0.25) is 11.8 Å². The van der Waals surface area contributed by atoms with Gasteiger partial charge in [0.05, 0.1) is 19.2 Å². The summed E-state index contributed by atoms with van der Waals surface area (Å²) in [4.78, 5) is 29.6. The lowest BCUT2D eigenvalue weighted by Crippen LogP contribution is -2.47. The first-order valence-electron chi connectivity index (χ1n) is 11.1. The van der Waals surface area contributed by atoms with Crippen molar-refractivity contribution in [2.75, 3.05) is 12.0 Å². The maximum absolute atomic E-state index is 15.1. The molecule has 0 bridgehead atoms. The van der Waals surface area contributed by atoms with Crippen LogP contribution in [0.25, 0.3) is 0 Å². The Labute approximate surface area is 197 Å². The van der Waals surface area contributed by atoms with Gasteiger partial charge in [-0.05, 0) is 42.5 Å². The second-order valence-corrected chi connectivity index (χ2v) is 9.14. The first-order chi connectivity index (χ1) is 16.1. The van der Waals surface area contributed by atoms with Gasteiger partial charge in [0.1, 0.15) is 17.6 Å². The van der Waals surface area contributed by atoms with Gasteiger partial charge >= 0.3 is 0 Å². The fourth-order valence-corrected chi connectivity index (χ4v) is 5.03. The topological polar surface area (TPSA) is 58.6 Å². The molecule has 1 aliphatic rings. The maximum Gasteiger partial charge on any atom is 0.248 e. The number of para-hydroxylation sites is 2. The first kappa shape index (κ1) is 23.0.